The topological polar surface area (TPSA) is 105 Å². The molecule has 0 aliphatic heterocycles. The molecule has 8 aromatic rings. The molecule has 69 heavy (non-hydrogen) atoms. The number of furan rings is 2. The SMILES string of the molecule is CCN(CC)CCCC(C)N.[C-]#[N+]c1cnc2oc(-c3ccccc3)c(-c3ccccc3)c2c1Cl.[C-]#[N+]c1cnc2oc(-c3ccccc3)c(-c3ccccc3)c2c1NC(C)CCCN(CC)CC. The molecule has 4 heterocycles. The van der Waals surface area contributed by atoms with Gasteiger partial charge in [0.25, 0.3) is 0 Å². The van der Waals surface area contributed by atoms with Crippen molar-refractivity contribution in [3.63, 3.8) is 0 Å². The first kappa shape index (κ1) is 51.6. The molecule has 0 radical (unpaired) electrons. The number of hydrogen-bond acceptors (Lipinski definition) is 8. The molecule has 0 saturated heterocycles. The van der Waals surface area contributed by atoms with Gasteiger partial charge in [0.2, 0.25) is 22.8 Å². The van der Waals surface area contributed by atoms with Crippen molar-refractivity contribution < 1.29 is 8.83 Å². The van der Waals surface area contributed by atoms with Crippen molar-refractivity contribution in [2.24, 2.45) is 5.73 Å². The Morgan fingerprint density at radius 2 is 0.971 bits per heavy atom. The molecule has 356 valence electrons. The first-order chi connectivity index (χ1) is 33.6. The largest absolute Gasteiger partial charge is 0.437 e. The molecule has 4 aromatic heterocycles. The van der Waals surface area contributed by atoms with Gasteiger partial charge in [-0.25, -0.2) is 19.7 Å². The quantitative estimate of drug-likeness (QED) is 0.0820. The second-order valence-corrected chi connectivity index (χ2v) is 17.4. The first-order valence-corrected chi connectivity index (χ1v) is 24.5. The maximum absolute atomic E-state index is 7.80. The summed E-state index contributed by atoms with van der Waals surface area (Å²) in [7, 11) is 0. The molecule has 3 N–H and O–H groups in total. The number of nitrogens with zero attached hydrogens (tertiary/aromatic N) is 6. The number of anilines is 1. The predicted molar refractivity (Wildman–Crippen MR) is 288 cm³/mol. The summed E-state index contributed by atoms with van der Waals surface area (Å²) in [5.74, 6) is 1.47. The molecule has 2 unspecified atom stereocenters. The Kier molecular flexibility index (Phi) is 19.5. The molecule has 0 spiro atoms. The summed E-state index contributed by atoms with van der Waals surface area (Å²) in [6.07, 6.45) is 7.57. The van der Waals surface area contributed by atoms with Gasteiger partial charge in [-0.2, -0.15) is 0 Å². The Bertz CT molecular complexity index is 2900. The van der Waals surface area contributed by atoms with Crippen LogP contribution in [0.15, 0.2) is 143 Å². The highest BCUT2D eigenvalue weighted by Gasteiger charge is 2.25. The van der Waals surface area contributed by atoms with E-state index >= 15 is 0 Å². The fourth-order valence-electron chi connectivity index (χ4n) is 8.38. The van der Waals surface area contributed by atoms with Gasteiger partial charge in [0, 0.05) is 46.7 Å². The number of halogens is 1. The Balaban J connectivity index is 0.000000193. The Morgan fingerprint density at radius 1 is 0.580 bits per heavy atom. The maximum atomic E-state index is 7.80. The third-order valence-corrected chi connectivity index (χ3v) is 12.6. The lowest BCUT2D eigenvalue weighted by molar-refractivity contribution is 0.294. The molecule has 8 rings (SSSR count). The molecule has 0 amide bonds. The van der Waals surface area contributed by atoms with Gasteiger partial charge in [-0.3, -0.25) is 0 Å². The lowest BCUT2D eigenvalue weighted by atomic mass is 9.98. The van der Waals surface area contributed by atoms with E-state index in [1.807, 2.05) is 109 Å². The number of rotatable bonds is 18. The summed E-state index contributed by atoms with van der Waals surface area (Å²) in [5, 5.41) is 5.58. The van der Waals surface area contributed by atoms with Gasteiger partial charge in [0.05, 0.1) is 34.6 Å². The second-order valence-electron chi connectivity index (χ2n) is 17.0. The standard InChI is InChI=1S/C29H32N4O.C20H11ClN2O.C9H22N2/c1-5-33(6-2)19-13-14-21(3)32-27-24(30-4)20-31-29-26(27)25(22-15-9-7-10-16-22)28(34-29)23-17-11-8-12-18-23;1-22-15-12-23-20-17(18(15)21)16(13-8-4-2-5-9-13)19(24-20)14-10-6-3-7-11-14;1-4-11(5-2)8-6-7-9(3)10/h7-12,15-18,20-21H,5-6,13-14,19H2,1-3H3,(H,31,32);2-12H;9H,4-8,10H2,1-3H3. The van der Waals surface area contributed by atoms with Crippen molar-refractivity contribution >= 4 is 50.9 Å². The van der Waals surface area contributed by atoms with E-state index in [1.165, 1.54) is 19.2 Å². The normalized spacial score (nSPS) is 11.9. The Morgan fingerprint density at radius 3 is 1.39 bits per heavy atom. The molecule has 0 aliphatic rings. The van der Waals surface area contributed by atoms with Crippen molar-refractivity contribution in [3.05, 3.63) is 162 Å². The summed E-state index contributed by atoms with van der Waals surface area (Å²) in [5.41, 5.74) is 14.0. The number of pyridine rings is 2. The maximum Gasteiger partial charge on any atom is 0.228 e. The van der Waals surface area contributed by atoms with Gasteiger partial charge in [0.1, 0.15) is 11.5 Å². The van der Waals surface area contributed by atoms with Gasteiger partial charge >= 0.3 is 0 Å². The van der Waals surface area contributed by atoms with Gasteiger partial charge in [-0.1, -0.05) is 161 Å². The van der Waals surface area contributed by atoms with Crippen LogP contribution in [0.25, 0.3) is 76.8 Å². The summed E-state index contributed by atoms with van der Waals surface area (Å²) in [4.78, 5) is 20.9. The number of nitrogens with one attached hydrogen (secondary N) is 1. The van der Waals surface area contributed by atoms with Crippen LogP contribution in [0.3, 0.4) is 0 Å². The first-order valence-electron chi connectivity index (χ1n) is 24.2. The van der Waals surface area contributed by atoms with Crippen molar-refractivity contribution in [3.8, 4) is 44.9 Å². The Hall–Kier alpha value is -6.79. The van der Waals surface area contributed by atoms with E-state index in [2.05, 4.69) is 88.4 Å². The highest BCUT2D eigenvalue weighted by Crippen LogP contribution is 2.47. The summed E-state index contributed by atoms with van der Waals surface area (Å²) in [6, 6.07) is 40.6. The number of benzene rings is 4. The van der Waals surface area contributed by atoms with Gasteiger partial charge in [-0.15, -0.1) is 0 Å². The number of fused-ring (bicyclic) bond motifs is 2. The zero-order chi connectivity index (χ0) is 49.1. The minimum atomic E-state index is 0.209. The van der Waals surface area contributed by atoms with E-state index in [-0.39, 0.29) is 6.04 Å². The average molecular weight is 942 g/mol. The molecule has 0 bridgehead atoms. The fraction of sp³-hybridized carbons (Fsp3) is 0.310. The van der Waals surface area contributed by atoms with Crippen LogP contribution in [0.1, 0.15) is 67.2 Å². The minimum absolute atomic E-state index is 0.209. The molecule has 4 aromatic carbocycles. The molecule has 0 saturated carbocycles. The lowest BCUT2D eigenvalue weighted by Gasteiger charge is -2.21. The zero-order valence-corrected chi connectivity index (χ0v) is 41.6. The van der Waals surface area contributed by atoms with Crippen LogP contribution in [0.5, 0.6) is 0 Å². The third kappa shape index (κ3) is 13.3. The van der Waals surface area contributed by atoms with Crippen LogP contribution in [-0.4, -0.2) is 71.1 Å². The lowest BCUT2D eigenvalue weighted by Crippen LogP contribution is -2.25. The number of nitrogens with two attached hydrogens (primary N) is 1. The van der Waals surface area contributed by atoms with E-state index in [4.69, 9.17) is 39.3 Å². The van der Waals surface area contributed by atoms with Crippen LogP contribution in [0, 0.1) is 13.1 Å². The van der Waals surface area contributed by atoms with Crippen LogP contribution in [0.4, 0.5) is 17.1 Å². The molecule has 0 fully saturated rings. The van der Waals surface area contributed by atoms with Crippen LogP contribution >= 0.6 is 11.6 Å². The summed E-state index contributed by atoms with van der Waals surface area (Å²) < 4.78 is 12.4. The minimum Gasteiger partial charge on any atom is -0.437 e. The van der Waals surface area contributed by atoms with Crippen molar-refractivity contribution in [2.75, 3.05) is 44.6 Å². The van der Waals surface area contributed by atoms with Gasteiger partial charge in [0.15, 0.2) is 0 Å². The molecule has 11 heteroatoms. The Labute approximate surface area is 413 Å². The third-order valence-electron chi connectivity index (χ3n) is 12.2. The van der Waals surface area contributed by atoms with E-state index in [0.29, 0.717) is 45.0 Å². The van der Waals surface area contributed by atoms with Crippen molar-refractivity contribution in [1.82, 2.24) is 19.8 Å². The summed E-state index contributed by atoms with van der Waals surface area (Å²) in [6.45, 7) is 34.9. The predicted octanol–water partition coefficient (Wildman–Crippen LogP) is 15.5. The van der Waals surface area contributed by atoms with Crippen LogP contribution < -0.4 is 11.1 Å². The molecular weight excluding hydrogens is 876 g/mol. The molecule has 0 aliphatic carbocycles. The molecular formula is C58H65ClN8O2. The van der Waals surface area contributed by atoms with E-state index < -0.39 is 0 Å². The highest BCUT2D eigenvalue weighted by atomic mass is 35.5. The molecule has 10 nitrogen and oxygen atoms in total. The van der Waals surface area contributed by atoms with Gasteiger partial charge < -0.3 is 29.7 Å². The van der Waals surface area contributed by atoms with E-state index in [1.54, 1.807) is 6.20 Å². The fourth-order valence-corrected chi connectivity index (χ4v) is 8.65. The number of hydrogen-bond donors (Lipinski definition) is 2. The van der Waals surface area contributed by atoms with E-state index in [0.717, 1.165) is 102 Å². The monoisotopic (exact) mass is 940 g/mol. The molecule has 2 atom stereocenters. The van der Waals surface area contributed by atoms with Crippen molar-refractivity contribution in [1.29, 1.82) is 0 Å². The highest BCUT2D eigenvalue weighted by molar-refractivity contribution is 6.39. The van der Waals surface area contributed by atoms with E-state index in [9.17, 15) is 0 Å². The average Bonchev–Trinajstić information content (AvgIpc) is 3.99. The zero-order valence-electron chi connectivity index (χ0n) is 40.9. The van der Waals surface area contributed by atoms with Crippen molar-refractivity contribution in [2.45, 2.75) is 79.3 Å². The summed E-state index contributed by atoms with van der Waals surface area (Å²) >= 11 is 6.48. The van der Waals surface area contributed by atoms with Crippen LogP contribution in [0.2, 0.25) is 5.02 Å². The smallest absolute Gasteiger partial charge is 0.228 e. The number of aromatic nitrogens is 2. The second kappa shape index (κ2) is 26.1. The van der Waals surface area contributed by atoms with Crippen LogP contribution in [-0.2, 0) is 0 Å². The van der Waals surface area contributed by atoms with Gasteiger partial charge in [-0.05, 0) is 89.9 Å².